The number of nitrogens with two attached hydrogens (primary N) is 1. The number of pyridine rings is 1. The van der Waals surface area contributed by atoms with E-state index < -0.39 is 0 Å². The third kappa shape index (κ3) is 2.96. The van der Waals surface area contributed by atoms with Crippen molar-refractivity contribution < 1.29 is 4.79 Å². The highest BCUT2D eigenvalue weighted by Crippen LogP contribution is 2.18. The van der Waals surface area contributed by atoms with Crippen molar-refractivity contribution in [2.45, 2.75) is 20.4 Å². The topological polar surface area (TPSA) is 77.0 Å². The largest absolute Gasteiger partial charge is 0.384 e. The van der Waals surface area contributed by atoms with Gasteiger partial charge in [0.2, 0.25) is 5.91 Å². The van der Waals surface area contributed by atoms with E-state index in [0.29, 0.717) is 18.9 Å². The third-order valence-corrected chi connectivity index (χ3v) is 3.22. The molecule has 0 aliphatic rings. The van der Waals surface area contributed by atoms with E-state index in [0.717, 1.165) is 11.3 Å². The van der Waals surface area contributed by atoms with Gasteiger partial charge in [-0.1, -0.05) is 0 Å². The van der Waals surface area contributed by atoms with Crippen LogP contribution >= 0.6 is 0 Å². The molecule has 6 heteroatoms. The molecule has 2 N–H and O–H groups in total. The first-order valence-electron chi connectivity index (χ1n) is 6.65. The molecule has 106 valence electrons. The monoisotopic (exact) mass is 273 g/mol. The standard InChI is InChI=1S/C14H19N5O/c1-3-18(4-2)14(20)9-19-10-16-8-12(19)11-5-6-13(15)17-7-11/h5-8,10H,3-4,9H2,1-2H3,(H2,15,17). The Balaban J connectivity index is 2.21. The molecule has 0 fully saturated rings. The molecule has 0 bridgehead atoms. The molecule has 1 amide bonds. The molecular formula is C14H19N5O. The number of nitrogen functional groups attached to an aromatic ring is 1. The highest BCUT2D eigenvalue weighted by atomic mass is 16.2. The SMILES string of the molecule is CCN(CC)C(=O)Cn1cncc1-c1ccc(N)nc1. The van der Waals surface area contributed by atoms with Crippen LogP contribution in [0.25, 0.3) is 11.3 Å². The van der Waals surface area contributed by atoms with Crippen molar-refractivity contribution >= 4 is 11.7 Å². The molecule has 2 aromatic heterocycles. The maximum absolute atomic E-state index is 12.2. The van der Waals surface area contributed by atoms with Crippen LogP contribution in [0, 0.1) is 0 Å². The van der Waals surface area contributed by atoms with Gasteiger partial charge in [0.05, 0.1) is 18.2 Å². The molecule has 0 radical (unpaired) electrons. The predicted molar refractivity (Wildman–Crippen MR) is 77.8 cm³/mol. The maximum atomic E-state index is 12.2. The molecular weight excluding hydrogens is 254 g/mol. The van der Waals surface area contributed by atoms with Gasteiger partial charge in [0.1, 0.15) is 12.4 Å². The Morgan fingerprint density at radius 3 is 2.65 bits per heavy atom. The minimum atomic E-state index is 0.0812. The Hall–Kier alpha value is -2.37. The fraction of sp³-hybridized carbons (Fsp3) is 0.357. The van der Waals surface area contributed by atoms with Crippen LogP contribution in [0.4, 0.5) is 5.82 Å². The van der Waals surface area contributed by atoms with E-state index in [1.54, 1.807) is 29.7 Å². The maximum Gasteiger partial charge on any atom is 0.242 e. The number of nitrogens with zero attached hydrogens (tertiary/aromatic N) is 4. The van der Waals surface area contributed by atoms with Gasteiger partial charge in [-0.3, -0.25) is 4.79 Å². The van der Waals surface area contributed by atoms with Crippen LogP contribution in [-0.4, -0.2) is 38.4 Å². The summed E-state index contributed by atoms with van der Waals surface area (Å²) in [6.45, 7) is 5.65. The molecule has 0 atom stereocenters. The van der Waals surface area contributed by atoms with Gasteiger partial charge in [-0.05, 0) is 26.0 Å². The average molecular weight is 273 g/mol. The summed E-state index contributed by atoms with van der Waals surface area (Å²) in [5.74, 6) is 0.552. The first-order chi connectivity index (χ1) is 9.65. The van der Waals surface area contributed by atoms with Gasteiger partial charge in [0.25, 0.3) is 0 Å². The number of carbonyl (C=O) groups is 1. The molecule has 0 spiro atoms. The number of imidazole rings is 1. The van der Waals surface area contributed by atoms with Crippen LogP contribution in [0.3, 0.4) is 0 Å². The van der Waals surface area contributed by atoms with Gasteiger partial charge < -0.3 is 15.2 Å². The summed E-state index contributed by atoms with van der Waals surface area (Å²) in [4.78, 5) is 22.1. The lowest BCUT2D eigenvalue weighted by molar-refractivity contribution is -0.131. The lowest BCUT2D eigenvalue weighted by atomic mass is 10.2. The van der Waals surface area contributed by atoms with Gasteiger partial charge in [0, 0.05) is 24.8 Å². The van der Waals surface area contributed by atoms with Crippen molar-refractivity contribution in [1.82, 2.24) is 19.4 Å². The molecule has 2 heterocycles. The zero-order chi connectivity index (χ0) is 14.5. The van der Waals surface area contributed by atoms with Crippen LogP contribution in [-0.2, 0) is 11.3 Å². The highest BCUT2D eigenvalue weighted by molar-refractivity contribution is 5.76. The van der Waals surface area contributed by atoms with Crippen molar-refractivity contribution in [2.24, 2.45) is 0 Å². The summed E-state index contributed by atoms with van der Waals surface area (Å²) in [5, 5.41) is 0. The van der Waals surface area contributed by atoms with Crippen LogP contribution in [0.2, 0.25) is 0 Å². The second kappa shape index (κ2) is 6.18. The number of hydrogen-bond acceptors (Lipinski definition) is 4. The molecule has 6 nitrogen and oxygen atoms in total. The molecule has 0 aliphatic carbocycles. The number of carbonyl (C=O) groups excluding carboxylic acids is 1. The van der Waals surface area contributed by atoms with Crippen molar-refractivity contribution in [2.75, 3.05) is 18.8 Å². The summed E-state index contributed by atoms with van der Waals surface area (Å²) >= 11 is 0. The summed E-state index contributed by atoms with van der Waals surface area (Å²) in [6.07, 6.45) is 5.07. The third-order valence-electron chi connectivity index (χ3n) is 3.22. The van der Waals surface area contributed by atoms with Crippen molar-refractivity contribution in [3.8, 4) is 11.3 Å². The van der Waals surface area contributed by atoms with Crippen molar-refractivity contribution in [3.05, 3.63) is 30.9 Å². The van der Waals surface area contributed by atoms with E-state index in [1.165, 1.54) is 0 Å². The number of aromatic nitrogens is 3. The number of anilines is 1. The number of likely N-dealkylation sites (N-methyl/N-ethyl adjacent to an activating group) is 1. The molecule has 0 aliphatic heterocycles. The minimum absolute atomic E-state index is 0.0812. The van der Waals surface area contributed by atoms with E-state index in [4.69, 9.17) is 5.73 Å². The predicted octanol–water partition coefficient (Wildman–Crippen LogP) is 1.40. The molecule has 0 aromatic carbocycles. The van der Waals surface area contributed by atoms with Gasteiger partial charge in [-0.15, -0.1) is 0 Å². The summed E-state index contributed by atoms with van der Waals surface area (Å²) in [5.41, 5.74) is 7.33. The number of hydrogen-bond donors (Lipinski definition) is 1. The second-order valence-electron chi connectivity index (χ2n) is 4.44. The first kappa shape index (κ1) is 14.0. The van der Waals surface area contributed by atoms with Gasteiger partial charge in [0.15, 0.2) is 0 Å². The Bertz CT molecular complexity index is 572. The Morgan fingerprint density at radius 1 is 1.30 bits per heavy atom. The van der Waals surface area contributed by atoms with E-state index in [1.807, 2.05) is 24.5 Å². The minimum Gasteiger partial charge on any atom is -0.384 e. The van der Waals surface area contributed by atoms with Crippen LogP contribution in [0.5, 0.6) is 0 Å². The van der Waals surface area contributed by atoms with Gasteiger partial charge in [-0.2, -0.15) is 0 Å². The molecule has 0 saturated carbocycles. The molecule has 2 aromatic rings. The zero-order valence-corrected chi connectivity index (χ0v) is 11.8. The molecule has 0 saturated heterocycles. The smallest absolute Gasteiger partial charge is 0.242 e. The summed E-state index contributed by atoms with van der Waals surface area (Å²) in [7, 11) is 0. The van der Waals surface area contributed by atoms with Crippen LogP contribution in [0.1, 0.15) is 13.8 Å². The van der Waals surface area contributed by atoms with E-state index in [2.05, 4.69) is 9.97 Å². The number of rotatable bonds is 5. The zero-order valence-electron chi connectivity index (χ0n) is 11.8. The Kier molecular flexibility index (Phi) is 4.34. The summed E-state index contributed by atoms with van der Waals surface area (Å²) in [6, 6.07) is 3.61. The fourth-order valence-corrected chi connectivity index (χ4v) is 2.07. The van der Waals surface area contributed by atoms with Crippen molar-refractivity contribution in [1.29, 1.82) is 0 Å². The van der Waals surface area contributed by atoms with Crippen molar-refractivity contribution in [3.63, 3.8) is 0 Å². The summed E-state index contributed by atoms with van der Waals surface area (Å²) < 4.78 is 1.83. The quantitative estimate of drug-likeness (QED) is 0.893. The lowest BCUT2D eigenvalue weighted by Gasteiger charge is -2.19. The second-order valence-corrected chi connectivity index (χ2v) is 4.44. The van der Waals surface area contributed by atoms with Crippen LogP contribution < -0.4 is 5.73 Å². The van der Waals surface area contributed by atoms with Gasteiger partial charge in [-0.25, -0.2) is 9.97 Å². The van der Waals surface area contributed by atoms with E-state index >= 15 is 0 Å². The number of amides is 1. The van der Waals surface area contributed by atoms with Crippen LogP contribution in [0.15, 0.2) is 30.9 Å². The Labute approximate surface area is 118 Å². The average Bonchev–Trinajstić information content (AvgIpc) is 2.89. The normalized spacial score (nSPS) is 10.5. The van der Waals surface area contributed by atoms with E-state index in [-0.39, 0.29) is 12.5 Å². The lowest BCUT2D eigenvalue weighted by Crippen LogP contribution is -2.33. The molecule has 20 heavy (non-hydrogen) atoms. The van der Waals surface area contributed by atoms with Gasteiger partial charge >= 0.3 is 0 Å². The highest BCUT2D eigenvalue weighted by Gasteiger charge is 2.13. The molecule has 0 unspecified atom stereocenters. The Morgan fingerprint density at radius 2 is 2.05 bits per heavy atom. The fourth-order valence-electron chi connectivity index (χ4n) is 2.07. The first-order valence-corrected chi connectivity index (χ1v) is 6.65. The molecule has 2 rings (SSSR count). The van der Waals surface area contributed by atoms with E-state index in [9.17, 15) is 4.79 Å².